The van der Waals surface area contributed by atoms with Crippen LogP contribution in [0.15, 0.2) is 60.7 Å². The zero-order valence-corrected chi connectivity index (χ0v) is 14.9. The number of aryl methyl sites for hydroxylation is 1. The van der Waals surface area contributed by atoms with Crippen molar-refractivity contribution in [2.45, 2.75) is 6.92 Å². The highest BCUT2D eigenvalue weighted by molar-refractivity contribution is 5.97. The number of methoxy groups -OCH3 is 2. The second kappa shape index (κ2) is 7.31. The van der Waals surface area contributed by atoms with E-state index in [9.17, 15) is 9.90 Å². The standard InChI is InChI=1S/C22H20O4/c1-14-4-6-15(7-5-14)16-8-10-18(22(23)24)19(12-16)17-9-11-20(25-2)21(13-17)26-3/h4-13H,1-3H3,(H,23,24). The molecule has 0 fully saturated rings. The second-order valence-electron chi connectivity index (χ2n) is 6.00. The average molecular weight is 348 g/mol. The first-order valence-electron chi connectivity index (χ1n) is 8.20. The van der Waals surface area contributed by atoms with E-state index in [1.807, 2.05) is 49.4 Å². The van der Waals surface area contributed by atoms with Gasteiger partial charge in [0.15, 0.2) is 11.5 Å². The fourth-order valence-corrected chi connectivity index (χ4v) is 2.90. The lowest BCUT2D eigenvalue weighted by molar-refractivity contribution is 0.0697. The summed E-state index contributed by atoms with van der Waals surface area (Å²) < 4.78 is 10.6. The zero-order valence-electron chi connectivity index (χ0n) is 14.9. The van der Waals surface area contributed by atoms with Crippen LogP contribution in [0.3, 0.4) is 0 Å². The molecule has 0 spiro atoms. The molecule has 0 saturated carbocycles. The smallest absolute Gasteiger partial charge is 0.336 e. The molecule has 0 radical (unpaired) electrons. The third-order valence-corrected chi connectivity index (χ3v) is 4.33. The summed E-state index contributed by atoms with van der Waals surface area (Å²) in [4.78, 5) is 11.7. The van der Waals surface area contributed by atoms with E-state index in [1.54, 1.807) is 32.4 Å². The molecule has 0 bridgehead atoms. The summed E-state index contributed by atoms with van der Waals surface area (Å²) in [6.07, 6.45) is 0. The molecule has 0 saturated heterocycles. The van der Waals surface area contributed by atoms with Crippen molar-refractivity contribution in [2.75, 3.05) is 14.2 Å². The molecule has 4 nitrogen and oxygen atoms in total. The van der Waals surface area contributed by atoms with Gasteiger partial charge in [0, 0.05) is 0 Å². The Bertz CT molecular complexity index is 943. The molecule has 0 atom stereocenters. The Morgan fingerprint density at radius 3 is 2.00 bits per heavy atom. The van der Waals surface area contributed by atoms with Crippen molar-refractivity contribution in [1.82, 2.24) is 0 Å². The van der Waals surface area contributed by atoms with Gasteiger partial charge in [0.2, 0.25) is 0 Å². The summed E-state index contributed by atoms with van der Waals surface area (Å²) in [6, 6.07) is 18.9. The van der Waals surface area contributed by atoms with Crippen LogP contribution in [-0.4, -0.2) is 25.3 Å². The lowest BCUT2D eigenvalue weighted by Gasteiger charge is -2.13. The molecule has 3 aromatic rings. The number of rotatable bonds is 5. The fraction of sp³-hybridized carbons (Fsp3) is 0.136. The van der Waals surface area contributed by atoms with Gasteiger partial charge in [0.05, 0.1) is 19.8 Å². The van der Waals surface area contributed by atoms with Gasteiger partial charge >= 0.3 is 5.97 Å². The largest absolute Gasteiger partial charge is 0.493 e. The Balaban J connectivity index is 2.16. The SMILES string of the molecule is COc1ccc(-c2cc(-c3ccc(C)cc3)ccc2C(=O)O)cc1OC. The van der Waals surface area contributed by atoms with Crippen LogP contribution in [0, 0.1) is 6.92 Å². The van der Waals surface area contributed by atoms with Crippen LogP contribution in [0.25, 0.3) is 22.3 Å². The fourth-order valence-electron chi connectivity index (χ4n) is 2.90. The number of carbonyl (C=O) groups is 1. The molecule has 132 valence electrons. The van der Waals surface area contributed by atoms with Gasteiger partial charge in [-0.2, -0.15) is 0 Å². The van der Waals surface area contributed by atoms with Gasteiger partial charge < -0.3 is 14.6 Å². The van der Waals surface area contributed by atoms with E-state index in [1.165, 1.54) is 5.56 Å². The lowest BCUT2D eigenvalue weighted by atomic mass is 9.94. The lowest BCUT2D eigenvalue weighted by Crippen LogP contribution is -2.00. The van der Waals surface area contributed by atoms with Crippen LogP contribution < -0.4 is 9.47 Å². The van der Waals surface area contributed by atoms with Gasteiger partial charge in [-0.05, 0) is 53.4 Å². The number of carboxylic acids is 1. The molecule has 0 aromatic heterocycles. The molecule has 0 aliphatic heterocycles. The van der Waals surface area contributed by atoms with E-state index in [0.717, 1.165) is 16.7 Å². The molecule has 0 amide bonds. The third-order valence-electron chi connectivity index (χ3n) is 4.33. The van der Waals surface area contributed by atoms with E-state index in [-0.39, 0.29) is 5.56 Å². The van der Waals surface area contributed by atoms with Crippen molar-refractivity contribution in [2.24, 2.45) is 0 Å². The van der Waals surface area contributed by atoms with Gasteiger partial charge in [0.25, 0.3) is 0 Å². The summed E-state index contributed by atoms with van der Waals surface area (Å²) in [6.45, 7) is 2.03. The Labute approximate surface area is 152 Å². The summed E-state index contributed by atoms with van der Waals surface area (Å²) in [5, 5.41) is 9.60. The van der Waals surface area contributed by atoms with Crippen molar-refractivity contribution >= 4 is 5.97 Å². The van der Waals surface area contributed by atoms with Crippen molar-refractivity contribution in [3.05, 3.63) is 71.8 Å². The predicted octanol–water partition coefficient (Wildman–Crippen LogP) is 5.04. The van der Waals surface area contributed by atoms with E-state index in [4.69, 9.17) is 9.47 Å². The summed E-state index contributed by atoms with van der Waals surface area (Å²) in [5.74, 6) is 0.190. The van der Waals surface area contributed by atoms with E-state index < -0.39 is 5.97 Å². The average Bonchev–Trinajstić information content (AvgIpc) is 2.67. The number of hydrogen-bond acceptors (Lipinski definition) is 3. The molecule has 0 aliphatic carbocycles. The Morgan fingerprint density at radius 2 is 1.38 bits per heavy atom. The van der Waals surface area contributed by atoms with Gasteiger partial charge in [-0.3, -0.25) is 0 Å². The van der Waals surface area contributed by atoms with Crippen molar-refractivity contribution in [3.63, 3.8) is 0 Å². The van der Waals surface area contributed by atoms with E-state index in [0.29, 0.717) is 17.1 Å². The molecule has 1 N–H and O–H groups in total. The minimum atomic E-state index is -0.967. The first-order chi connectivity index (χ1) is 12.5. The van der Waals surface area contributed by atoms with Gasteiger partial charge in [-0.15, -0.1) is 0 Å². The minimum absolute atomic E-state index is 0.244. The monoisotopic (exact) mass is 348 g/mol. The molecule has 0 heterocycles. The number of aromatic carboxylic acids is 1. The minimum Gasteiger partial charge on any atom is -0.493 e. The topological polar surface area (TPSA) is 55.8 Å². The van der Waals surface area contributed by atoms with Crippen LogP contribution in [0.4, 0.5) is 0 Å². The summed E-state index contributed by atoms with van der Waals surface area (Å²) >= 11 is 0. The first-order valence-corrected chi connectivity index (χ1v) is 8.20. The number of ether oxygens (including phenoxy) is 2. The van der Waals surface area contributed by atoms with Gasteiger partial charge in [-0.25, -0.2) is 4.79 Å². The molecular formula is C22H20O4. The quantitative estimate of drug-likeness (QED) is 0.701. The zero-order chi connectivity index (χ0) is 18.7. The normalized spacial score (nSPS) is 10.4. The summed E-state index contributed by atoms with van der Waals surface area (Å²) in [5.41, 5.74) is 4.81. The Morgan fingerprint density at radius 1 is 0.769 bits per heavy atom. The number of carboxylic acid groups (broad SMARTS) is 1. The highest BCUT2D eigenvalue weighted by Gasteiger charge is 2.15. The highest BCUT2D eigenvalue weighted by atomic mass is 16.5. The molecule has 26 heavy (non-hydrogen) atoms. The molecule has 4 heteroatoms. The van der Waals surface area contributed by atoms with Crippen LogP contribution in [0.2, 0.25) is 0 Å². The Hall–Kier alpha value is -3.27. The second-order valence-corrected chi connectivity index (χ2v) is 6.00. The van der Waals surface area contributed by atoms with Crippen LogP contribution >= 0.6 is 0 Å². The van der Waals surface area contributed by atoms with E-state index in [2.05, 4.69) is 0 Å². The first kappa shape index (κ1) is 17.5. The predicted molar refractivity (Wildman–Crippen MR) is 102 cm³/mol. The maximum absolute atomic E-state index is 11.7. The van der Waals surface area contributed by atoms with Crippen LogP contribution in [0.1, 0.15) is 15.9 Å². The third kappa shape index (κ3) is 3.40. The van der Waals surface area contributed by atoms with Gasteiger partial charge in [0.1, 0.15) is 0 Å². The van der Waals surface area contributed by atoms with Crippen LogP contribution in [0.5, 0.6) is 11.5 Å². The van der Waals surface area contributed by atoms with Crippen LogP contribution in [-0.2, 0) is 0 Å². The molecule has 3 aromatic carbocycles. The highest BCUT2D eigenvalue weighted by Crippen LogP contribution is 2.35. The molecule has 3 rings (SSSR count). The van der Waals surface area contributed by atoms with Crippen molar-refractivity contribution in [1.29, 1.82) is 0 Å². The van der Waals surface area contributed by atoms with Crippen molar-refractivity contribution in [3.8, 4) is 33.8 Å². The molecule has 0 unspecified atom stereocenters. The number of benzene rings is 3. The maximum atomic E-state index is 11.7. The molecule has 0 aliphatic rings. The van der Waals surface area contributed by atoms with Gasteiger partial charge in [-0.1, -0.05) is 42.0 Å². The number of hydrogen-bond donors (Lipinski definition) is 1. The molecular weight excluding hydrogens is 328 g/mol. The van der Waals surface area contributed by atoms with E-state index >= 15 is 0 Å². The maximum Gasteiger partial charge on any atom is 0.336 e. The van der Waals surface area contributed by atoms with Crippen molar-refractivity contribution < 1.29 is 19.4 Å². The summed E-state index contributed by atoms with van der Waals surface area (Å²) in [7, 11) is 3.13. The Kier molecular flexibility index (Phi) is 4.94.